The standard InChI is InChI=1S/C40H63N9O12/c50-34(25-45-11-13-46(26-37(54)55)15-17-48(28-39(58)59)18-16-47(14-12-45)27-38(56)57)43-9-19-61-32-20-31(22-42-23-32)33(21-36(52)53)44-40(60)30-2-1-10-49(24-30)35(51)4-3-29-5-7-41-8-6-29/h20,22-23,29-30,33,41H,1-19,21,24-28H2,(H,43,50)(H,44,60)(H,52,53)(H,54,55)(H,56,57)(H,58,59)/t30-,33?/m1/s1. The van der Waals surface area contributed by atoms with Gasteiger partial charge in [0, 0.05) is 78.1 Å². The Hall–Kier alpha value is -4.96. The highest BCUT2D eigenvalue weighted by Crippen LogP contribution is 2.25. The Morgan fingerprint density at radius 1 is 0.738 bits per heavy atom. The van der Waals surface area contributed by atoms with Crippen molar-refractivity contribution in [3.05, 3.63) is 24.0 Å². The zero-order valence-electron chi connectivity index (χ0n) is 34.9. The Kier molecular flexibility index (Phi) is 20.5. The maximum Gasteiger partial charge on any atom is 0.317 e. The van der Waals surface area contributed by atoms with E-state index in [0.29, 0.717) is 56.1 Å². The van der Waals surface area contributed by atoms with Crippen LogP contribution in [-0.2, 0) is 33.6 Å². The first-order chi connectivity index (χ1) is 29.2. The first-order valence-corrected chi connectivity index (χ1v) is 21.1. The number of carbonyl (C=O) groups is 7. The van der Waals surface area contributed by atoms with Gasteiger partial charge in [0.25, 0.3) is 0 Å². The lowest BCUT2D eigenvalue weighted by Gasteiger charge is -2.33. The number of aliphatic carboxylic acids is 4. The lowest BCUT2D eigenvalue weighted by molar-refractivity contribution is -0.140. The van der Waals surface area contributed by atoms with Gasteiger partial charge in [-0.25, -0.2) is 0 Å². The summed E-state index contributed by atoms with van der Waals surface area (Å²) in [6.45, 7) is 4.20. The first kappa shape index (κ1) is 48.7. The summed E-state index contributed by atoms with van der Waals surface area (Å²) in [4.78, 5) is 98.8. The molecule has 3 aliphatic heterocycles. The van der Waals surface area contributed by atoms with Crippen LogP contribution in [-0.4, -0.2) is 209 Å². The molecule has 3 amide bonds. The minimum atomic E-state index is -1.12. The van der Waals surface area contributed by atoms with Crippen molar-refractivity contribution in [2.45, 2.75) is 51.0 Å². The van der Waals surface area contributed by atoms with Gasteiger partial charge in [-0.2, -0.15) is 0 Å². The van der Waals surface area contributed by atoms with Gasteiger partial charge in [-0.05, 0) is 62.7 Å². The number of carboxylic acids is 4. The lowest BCUT2D eigenvalue weighted by Crippen LogP contribution is -2.50. The molecule has 3 fully saturated rings. The SMILES string of the molecule is O=C(O)CC(NC(=O)[C@@H]1CCCN(C(=O)CCC2CCNCC2)C1)c1cncc(OCCNC(=O)CN2CCN(CC(=O)O)CCN(CC(=O)O)CCN(CC(=O)O)CC2)c1. The summed E-state index contributed by atoms with van der Waals surface area (Å²) in [5.74, 6) is -4.56. The number of amides is 3. The fourth-order valence-corrected chi connectivity index (χ4v) is 7.90. The van der Waals surface area contributed by atoms with Crippen LogP contribution in [0.1, 0.15) is 56.6 Å². The van der Waals surface area contributed by atoms with E-state index in [4.69, 9.17) is 4.74 Å². The molecule has 0 aromatic carbocycles. The zero-order valence-corrected chi connectivity index (χ0v) is 34.9. The summed E-state index contributed by atoms with van der Waals surface area (Å²) in [5.41, 5.74) is 0.418. The molecule has 340 valence electrons. The molecule has 3 aliphatic rings. The molecule has 0 bridgehead atoms. The van der Waals surface area contributed by atoms with Crippen LogP contribution in [0.2, 0.25) is 0 Å². The van der Waals surface area contributed by atoms with Gasteiger partial charge >= 0.3 is 23.9 Å². The van der Waals surface area contributed by atoms with E-state index in [1.54, 1.807) is 30.6 Å². The van der Waals surface area contributed by atoms with Crippen molar-refractivity contribution in [1.29, 1.82) is 0 Å². The van der Waals surface area contributed by atoms with E-state index in [0.717, 1.165) is 32.4 Å². The molecular weight excluding hydrogens is 798 g/mol. The second-order valence-electron chi connectivity index (χ2n) is 16.0. The molecule has 0 spiro atoms. The summed E-state index contributed by atoms with van der Waals surface area (Å²) in [6, 6.07) is 0.678. The first-order valence-electron chi connectivity index (χ1n) is 21.1. The normalized spacial score (nSPS) is 20.1. The van der Waals surface area contributed by atoms with Gasteiger partial charge in [0.15, 0.2) is 0 Å². The Morgan fingerprint density at radius 2 is 1.30 bits per heavy atom. The maximum atomic E-state index is 13.5. The monoisotopic (exact) mass is 861 g/mol. The Balaban J connectivity index is 1.28. The topological polar surface area (TPSA) is 275 Å². The van der Waals surface area contributed by atoms with E-state index >= 15 is 0 Å². The van der Waals surface area contributed by atoms with Gasteiger partial charge in [0.2, 0.25) is 17.7 Å². The van der Waals surface area contributed by atoms with Crippen molar-refractivity contribution in [1.82, 2.24) is 45.4 Å². The summed E-state index contributed by atoms with van der Waals surface area (Å²) >= 11 is 0. The molecule has 0 saturated carbocycles. The third-order valence-corrected chi connectivity index (χ3v) is 11.3. The summed E-state index contributed by atoms with van der Waals surface area (Å²) in [5, 5.41) is 47.0. The van der Waals surface area contributed by atoms with Gasteiger partial charge < -0.3 is 46.0 Å². The minimum absolute atomic E-state index is 0.0298. The summed E-state index contributed by atoms with van der Waals surface area (Å²) in [7, 11) is 0. The Bertz CT molecular complexity index is 1600. The molecule has 1 aromatic heterocycles. The van der Waals surface area contributed by atoms with Crippen molar-refractivity contribution < 1.29 is 58.7 Å². The second-order valence-corrected chi connectivity index (χ2v) is 16.0. The molecule has 4 rings (SSSR count). The Morgan fingerprint density at radius 3 is 1.84 bits per heavy atom. The number of aromatic nitrogens is 1. The number of likely N-dealkylation sites (tertiary alicyclic amines) is 1. The van der Waals surface area contributed by atoms with E-state index in [9.17, 15) is 54.0 Å². The van der Waals surface area contributed by atoms with Gasteiger partial charge in [0.1, 0.15) is 12.4 Å². The van der Waals surface area contributed by atoms with E-state index in [-0.39, 0.29) is 103 Å². The number of nitrogens with one attached hydrogen (secondary N) is 3. The molecule has 0 radical (unpaired) electrons. The van der Waals surface area contributed by atoms with Crippen molar-refractivity contribution in [2.75, 3.05) is 118 Å². The number of piperidine rings is 2. The predicted molar refractivity (Wildman–Crippen MR) is 219 cm³/mol. The fourth-order valence-electron chi connectivity index (χ4n) is 7.90. The minimum Gasteiger partial charge on any atom is -0.490 e. The number of nitrogens with zero attached hydrogens (tertiary/aromatic N) is 6. The highest BCUT2D eigenvalue weighted by molar-refractivity contribution is 5.82. The molecule has 61 heavy (non-hydrogen) atoms. The number of hydrogen-bond acceptors (Lipinski definition) is 14. The quantitative estimate of drug-likeness (QED) is 0.0751. The number of ether oxygens (including phenoxy) is 1. The van der Waals surface area contributed by atoms with Crippen molar-refractivity contribution in [3.63, 3.8) is 0 Å². The third-order valence-electron chi connectivity index (χ3n) is 11.3. The molecule has 1 unspecified atom stereocenters. The Labute approximate surface area is 355 Å². The molecule has 1 aromatic rings. The van der Waals surface area contributed by atoms with E-state index in [1.807, 2.05) is 0 Å². The molecule has 4 heterocycles. The van der Waals surface area contributed by atoms with Crippen LogP contribution in [0.4, 0.5) is 0 Å². The molecule has 3 saturated heterocycles. The zero-order chi connectivity index (χ0) is 44.1. The lowest BCUT2D eigenvalue weighted by atomic mass is 9.92. The van der Waals surface area contributed by atoms with Crippen LogP contribution < -0.4 is 20.7 Å². The van der Waals surface area contributed by atoms with Crippen LogP contribution in [0.25, 0.3) is 0 Å². The van der Waals surface area contributed by atoms with Crippen LogP contribution in [0.15, 0.2) is 18.5 Å². The highest BCUT2D eigenvalue weighted by atomic mass is 16.5. The molecule has 7 N–H and O–H groups in total. The van der Waals surface area contributed by atoms with Gasteiger partial charge in [-0.3, -0.25) is 58.1 Å². The molecule has 21 heteroatoms. The van der Waals surface area contributed by atoms with Crippen LogP contribution >= 0.6 is 0 Å². The van der Waals surface area contributed by atoms with Crippen LogP contribution in [0.3, 0.4) is 0 Å². The van der Waals surface area contributed by atoms with E-state index < -0.39 is 42.3 Å². The molecule has 2 atom stereocenters. The molecular formula is C40H63N9O12. The number of carbonyl (C=O) groups excluding carboxylic acids is 3. The number of pyridine rings is 1. The maximum absolute atomic E-state index is 13.5. The number of rotatable bonds is 20. The van der Waals surface area contributed by atoms with Gasteiger partial charge in [-0.1, -0.05) is 0 Å². The summed E-state index contributed by atoms with van der Waals surface area (Å²) in [6.07, 6.45) is 7.13. The average Bonchev–Trinajstić information content (AvgIpc) is 3.22. The smallest absolute Gasteiger partial charge is 0.317 e. The number of carboxylic acid groups (broad SMARTS) is 4. The predicted octanol–water partition coefficient (Wildman–Crippen LogP) is -1.30. The number of hydrogen-bond donors (Lipinski definition) is 7. The van der Waals surface area contributed by atoms with Gasteiger partial charge in [-0.15, -0.1) is 0 Å². The second kappa shape index (κ2) is 25.7. The van der Waals surface area contributed by atoms with E-state index in [1.165, 1.54) is 12.4 Å². The fraction of sp³-hybridized carbons (Fsp3) is 0.700. The third kappa shape index (κ3) is 18.7. The summed E-state index contributed by atoms with van der Waals surface area (Å²) < 4.78 is 5.83. The largest absolute Gasteiger partial charge is 0.490 e. The van der Waals surface area contributed by atoms with Crippen molar-refractivity contribution >= 4 is 41.6 Å². The van der Waals surface area contributed by atoms with E-state index in [2.05, 4.69) is 20.9 Å². The van der Waals surface area contributed by atoms with Crippen molar-refractivity contribution in [2.24, 2.45) is 11.8 Å². The van der Waals surface area contributed by atoms with Crippen LogP contribution in [0, 0.1) is 11.8 Å². The molecule has 21 nitrogen and oxygen atoms in total. The van der Waals surface area contributed by atoms with Crippen molar-refractivity contribution in [3.8, 4) is 5.75 Å². The average molecular weight is 862 g/mol. The molecule has 0 aliphatic carbocycles. The van der Waals surface area contributed by atoms with Crippen LogP contribution in [0.5, 0.6) is 5.75 Å². The van der Waals surface area contributed by atoms with Gasteiger partial charge in [0.05, 0.1) is 57.3 Å². The highest BCUT2D eigenvalue weighted by Gasteiger charge is 2.31.